The van der Waals surface area contributed by atoms with Crippen molar-refractivity contribution in [1.82, 2.24) is 4.98 Å². The lowest BCUT2D eigenvalue weighted by Gasteiger charge is -2.22. The highest BCUT2D eigenvalue weighted by Crippen LogP contribution is 2.21. The number of rotatable bonds is 3. The number of hydrogen-bond acceptors (Lipinski definition) is 4. The summed E-state index contributed by atoms with van der Waals surface area (Å²) in [6, 6.07) is 0. The Morgan fingerprint density at radius 3 is 3.17 bits per heavy atom. The summed E-state index contributed by atoms with van der Waals surface area (Å²) in [6.07, 6.45) is 5.59. The predicted molar refractivity (Wildman–Crippen MR) is 48.4 cm³/mol. The summed E-state index contributed by atoms with van der Waals surface area (Å²) >= 11 is 1.56. The summed E-state index contributed by atoms with van der Waals surface area (Å²) in [5, 5.41) is 5.79. The van der Waals surface area contributed by atoms with E-state index in [0.29, 0.717) is 6.10 Å². The minimum Gasteiger partial charge on any atom is -0.392 e. The quantitative estimate of drug-likeness (QED) is 0.529. The van der Waals surface area contributed by atoms with E-state index in [2.05, 4.69) is 10.1 Å². The second kappa shape index (κ2) is 3.67. The van der Waals surface area contributed by atoms with E-state index in [1.165, 1.54) is 6.42 Å². The molecule has 2 rings (SSSR count). The molecule has 4 heteroatoms. The van der Waals surface area contributed by atoms with Gasteiger partial charge in [0.25, 0.3) is 0 Å². The fourth-order valence-electron chi connectivity index (χ4n) is 0.932. The number of hydrogen-bond donors (Lipinski definition) is 0. The molecule has 1 aliphatic rings. The maximum absolute atomic E-state index is 5.19. The van der Waals surface area contributed by atoms with E-state index in [-0.39, 0.29) is 0 Å². The van der Waals surface area contributed by atoms with E-state index < -0.39 is 0 Å². The molecule has 0 unspecified atom stereocenters. The zero-order chi connectivity index (χ0) is 8.23. The van der Waals surface area contributed by atoms with Gasteiger partial charge in [-0.2, -0.15) is 0 Å². The van der Waals surface area contributed by atoms with Crippen LogP contribution in [0.3, 0.4) is 0 Å². The van der Waals surface area contributed by atoms with Crippen molar-refractivity contribution in [3.05, 3.63) is 16.6 Å². The molecule has 0 aliphatic heterocycles. The molecule has 0 aromatic carbocycles. The monoisotopic (exact) mass is 182 g/mol. The largest absolute Gasteiger partial charge is 0.392 e. The summed E-state index contributed by atoms with van der Waals surface area (Å²) in [6.45, 7) is 0. The third-order valence-electron chi connectivity index (χ3n) is 1.90. The van der Waals surface area contributed by atoms with E-state index in [1.807, 2.05) is 5.38 Å². The average Bonchev–Trinajstić information content (AvgIpc) is 2.46. The molecule has 64 valence electrons. The van der Waals surface area contributed by atoms with Crippen LogP contribution in [0.15, 0.2) is 16.0 Å². The van der Waals surface area contributed by atoms with Gasteiger partial charge in [0.15, 0.2) is 0 Å². The normalized spacial score (nSPS) is 18.0. The molecular weight excluding hydrogens is 172 g/mol. The highest BCUT2D eigenvalue weighted by atomic mass is 32.1. The van der Waals surface area contributed by atoms with E-state index in [1.54, 1.807) is 23.1 Å². The first-order valence-corrected chi connectivity index (χ1v) is 4.97. The molecule has 0 spiro atoms. The summed E-state index contributed by atoms with van der Waals surface area (Å²) in [5.41, 5.74) is 2.66. The summed E-state index contributed by atoms with van der Waals surface area (Å²) in [4.78, 5) is 9.23. The molecular formula is C8H10N2OS. The molecule has 1 aliphatic carbocycles. The summed E-state index contributed by atoms with van der Waals surface area (Å²) < 4.78 is 0. The maximum Gasteiger partial charge on any atom is 0.127 e. The van der Waals surface area contributed by atoms with Crippen molar-refractivity contribution >= 4 is 17.6 Å². The number of nitrogens with zero attached hydrogens (tertiary/aromatic N) is 2. The van der Waals surface area contributed by atoms with Crippen LogP contribution in [0.1, 0.15) is 25.0 Å². The number of aromatic nitrogens is 1. The number of thiazole rings is 1. The molecule has 0 radical (unpaired) electrons. The molecule has 1 saturated carbocycles. The standard InChI is InChI=1S/C8H10N2OS/c1-2-8(3-1)11-10-4-7-5-12-6-9-7/h4-6,8H,1-3H2/b10-4+. The van der Waals surface area contributed by atoms with Gasteiger partial charge in [-0.25, -0.2) is 4.98 Å². The van der Waals surface area contributed by atoms with Crippen LogP contribution in [0.4, 0.5) is 0 Å². The van der Waals surface area contributed by atoms with Gasteiger partial charge in [-0.15, -0.1) is 11.3 Å². The highest BCUT2D eigenvalue weighted by Gasteiger charge is 2.18. The lowest BCUT2D eigenvalue weighted by molar-refractivity contribution is 0.00697. The molecule has 0 N–H and O–H groups in total. The molecule has 0 amide bonds. The topological polar surface area (TPSA) is 34.5 Å². The second-order valence-corrected chi connectivity index (χ2v) is 3.52. The van der Waals surface area contributed by atoms with Gasteiger partial charge in [0.2, 0.25) is 0 Å². The molecule has 12 heavy (non-hydrogen) atoms. The van der Waals surface area contributed by atoms with Gasteiger partial charge in [-0.3, -0.25) is 0 Å². The first-order valence-electron chi connectivity index (χ1n) is 4.02. The third kappa shape index (κ3) is 1.82. The molecule has 3 nitrogen and oxygen atoms in total. The molecule has 0 saturated heterocycles. The van der Waals surface area contributed by atoms with Gasteiger partial charge in [0.1, 0.15) is 6.10 Å². The van der Waals surface area contributed by atoms with Gasteiger partial charge >= 0.3 is 0 Å². The predicted octanol–water partition coefficient (Wildman–Crippen LogP) is 2.05. The van der Waals surface area contributed by atoms with Gasteiger partial charge in [-0.05, 0) is 19.3 Å². The Labute approximate surface area is 75.1 Å². The fourth-order valence-corrected chi connectivity index (χ4v) is 1.44. The Hall–Kier alpha value is -0.900. The van der Waals surface area contributed by atoms with E-state index in [0.717, 1.165) is 18.5 Å². The molecule has 0 atom stereocenters. The van der Waals surface area contributed by atoms with Crippen molar-refractivity contribution in [3.63, 3.8) is 0 Å². The fraction of sp³-hybridized carbons (Fsp3) is 0.500. The van der Waals surface area contributed by atoms with Gasteiger partial charge in [-0.1, -0.05) is 5.16 Å². The lowest BCUT2D eigenvalue weighted by atomic mass is 9.97. The molecule has 1 aromatic rings. The van der Waals surface area contributed by atoms with Gasteiger partial charge < -0.3 is 4.84 Å². The minimum absolute atomic E-state index is 0.361. The van der Waals surface area contributed by atoms with Crippen molar-refractivity contribution in [1.29, 1.82) is 0 Å². The second-order valence-electron chi connectivity index (χ2n) is 2.81. The first-order chi connectivity index (χ1) is 5.95. The van der Waals surface area contributed by atoms with Crippen LogP contribution >= 0.6 is 11.3 Å². The van der Waals surface area contributed by atoms with Gasteiger partial charge in [0.05, 0.1) is 17.4 Å². The summed E-state index contributed by atoms with van der Waals surface area (Å²) in [7, 11) is 0. The van der Waals surface area contributed by atoms with Crippen LogP contribution in [-0.2, 0) is 4.84 Å². The first kappa shape index (κ1) is 7.73. The SMILES string of the molecule is C(=N\OC1CCC1)/c1cscn1. The Balaban J connectivity index is 1.78. The van der Waals surface area contributed by atoms with Crippen LogP contribution < -0.4 is 0 Å². The Bertz CT molecular complexity index is 254. The minimum atomic E-state index is 0.361. The van der Waals surface area contributed by atoms with Gasteiger partial charge in [0, 0.05) is 5.38 Å². The van der Waals surface area contributed by atoms with Crippen molar-refractivity contribution in [3.8, 4) is 0 Å². The molecule has 1 fully saturated rings. The zero-order valence-corrected chi connectivity index (χ0v) is 7.46. The van der Waals surface area contributed by atoms with Crippen LogP contribution in [-0.4, -0.2) is 17.3 Å². The smallest absolute Gasteiger partial charge is 0.127 e. The Kier molecular flexibility index (Phi) is 2.36. The van der Waals surface area contributed by atoms with E-state index in [9.17, 15) is 0 Å². The molecule has 0 bridgehead atoms. The average molecular weight is 182 g/mol. The van der Waals surface area contributed by atoms with E-state index >= 15 is 0 Å². The maximum atomic E-state index is 5.19. The van der Waals surface area contributed by atoms with Crippen molar-refractivity contribution in [2.45, 2.75) is 25.4 Å². The third-order valence-corrected chi connectivity index (χ3v) is 2.50. The van der Waals surface area contributed by atoms with Crippen LogP contribution in [0.25, 0.3) is 0 Å². The summed E-state index contributed by atoms with van der Waals surface area (Å²) in [5.74, 6) is 0. The van der Waals surface area contributed by atoms with Crippen molar-refractivity contribution in [2.24, 2.45) is 5.16 Å². The lowest BCUT2D eigenvalue weighted by Crippen LogP contribution is -2.18. The van der Waals surface area contributed by atoms with Crippen molar-refractivity contribution in [2.75, 3.05) is 0 Å². The van der Waals surface area contributed by atoms with Crippen LogP contribution in [0.2, 0.25) is 0 Å². The highest BCUT2D eigenvalue weighted by molar-refractivity contribution is 7.07. The molecule has 1 aromatic heterocycles. The van der Waals surface area contributed by atoms with E-state index in [4.69, 9.17) is 4.84 Å². The Morgan fingerprint density at radius 2 is 2.58 bits per heavy atom. The zero-order valence-electron chi connectivity index (χ0n) is 6.64. The Morgan fingerprint density at radius 1 is 1.67 bits per heavy atom. The van der Waals surface area contributed by atoms with Crippen LogP contribution in [0.5, 0.6) is 0 Å². The van der Waals surface area contributed by atoms with Crippen LogP contribution in [0, 0.1) is 0 Å². The number of oxime groups is 1. The van der Waals surface area contributed by atoms with Crippen molar-refractivity contribution < 1.29 is 4.84 Å². The molecule has 1 heterocycles.